The summed E-state index contributed by atoms with van der Waals surface area (Å²) in [6, 6.07) is 6.21. The first-order valence-corrected chi connectivity index (χ1v) is 15.6. The number of aliphatic imine (C=N–C) groups is 1. The summed E-state index contributed by atoms with van der Waals surface area (Å²) in [6.07, 6.45) is 19.6. The lowest BCUT2D eigenvalue weighted by atomic mass is 9.86. The number of aromatic amines is 2. The van der Waals surface area contributed by atoms with E-state index in [1.54, 1.807) is 17.5 Å². The van der Waals surface area contributed by atoms with E-state index in [9.17, 15) is 0 Å². The van der Waals surface area contributed by atoms with Crippen molar-refractivity contribution in [3.63, 3.8) is 0 Å². The molecule has 5 nitrogen and oxygen atoms in total. The average Bonchev–Trinajstić information content (AvgIpc) is 3.74. The van der Waals surface area contributed by atoms with Crippen molar-refractivity contribution in [2.45, 2.75) is 59.3 Å². The van der Waals surface area contributed by atoms with Crippen molar-refractivity contribution in [1.82, 2.24) is 20.5 Å². The van der Waals surface area contributed by atoms with Gasteiger partial charge in [0.05, 0.1) is 21.6 Å². The standard InChI is InChI=1S/C36H43N5S/c1-8-28(21-30(10-3)38-24(5)20-27-16-13-12-14-17-27)29(9-2)22-31-26(7)40-41-35(31)33-23-32(25(6)39-33)36(37-11-4)34-18-15-19-42-34/h8-11,15,18-19,21-23,27,38-40H,3-5,7,12-14,16-17,20H2,1-2,6H3/b28-8+,29-9+,30-21+,31-22+,37-36?. The Labute approximate surface area is 254 Å². The normalized spacial score (nSPS) is 16.1. The van der Waals surface area contributed by atoms with E-state index in [1.165, 1.54) is 32.1 Å². The third-order valence-corrected chi connectivity index (χ3v) is 8.63. The number of allylic oxidation sites excluding steroid dienone is 7. The second-order valence-electron chi connectivity index (χ2n) is 10.7. The maximum atomic E-state index is 4.64. The number of aromatic nitrogens is 3. The van der Waals surface area contributed by atoms with Crippen LogP contribution in [0.1, 0.15) is 68.5 Å². The summed E-state index contributed by atoms with van der Waals surface area (Å²) in [6.45, 7) is 22.6. The number of rotatable bonds is 12. The second-order valence-corrected chi connectivity index (χ2v) is 11.6. The molecule has 0 amide bonds. The van der Waals surface area contributed by atoms with E-state index < -0.39 is 0 Å². The molecule has 3 aromatic rings. The molecule has 0 atom stereocenters. The minimum absolute atomic E-state index is 0.724. The van der Waals surface area contributed by atoms with Gasteiger partial charge in [-0.3, -0.25) is 10.1 Å². The highest BCUT2D eigenvalue weighted by molar-refractivity contribution is 7.12. The minimum atomic E-state index is 0.724. The van der Waals surface area contributed by atoms with Gasteiger partial charge in [-0.25, -0.2) is 0 Å². The molecule has 218 valence electrons. The molecule has 0 radical (unpaired) electrons. The molecule has 0 saturated heterocycles. The van der Waals surface area contributed by atoms with E-state index in [0.717, 1.165) is 78.7 Å². The zero-order valence-electron chi connectivity index (χ0n) is 25.2. The van der Waals surface area contributed by atoms with E-state index in [-0.39, 0.29) is 0 Å². The van der Waals surface area contributed by atoms with Crippen LogP contribution in [0.3, 0.4) is 0 Å². The zero-order valence-corrected chi connectivity index (χ0v) is 26.0. The molecule has 0 unspecified atom stereocenters. The van der Waals surface area contributed by atoms with Gasteiger partial charge in [0, 0.05) is 34.1 Å². The van der Waals surface area contributed by atoms with Crippen molar-refractivity contribution in [1.29, 1.82) is 0 Å². The molecular weight excluding hydrogens is 534 g/mol. The number of hydrogen-bond acceptors (Lipinski definition) is 4. The predicted octanol–water partition coefficient (Wildman–Crippen LogP) is 7.98. The van der Waals surface area contributed by atoms with Crippen LogP contribution in [0.5, 0.6) is 0 Å². The fourth-order valence-electron chi connectivity index (χ4n) is 5.58. The van der Waals surface area contributed by atoms with Crippen LogP contribution < -0.4 is 15.9 Å². The summed E-state index contributed by atoms with van der Waals surface area (Å²) < 4.78 is 0. The maximum Gasteiger partial charge on any atom is 0.116 e. The molecule has 0 spiro atoms. The number of H-pyrrole nitrogens is 2. The van der Waals surface area contributed by atoms with Crippen LogP contribution in [-0.2, 0) is 0 Å². The molecule has 1 saturated carbocycles. The van der Waals surface area contributed by atoms with Gasteiger partial charge < -0.3 is 10.3 Å². The molecule has 3 aromatic heterocycles. The van der Waals surface area contributed by atoms with Gasteiger partial charge in [-0.15, -0.1) is 11.3 Å². The van der Waals surface area contributed by atoms with Crippen LogP contribution in [0.25, 0.3) is 24.0 Å². The minimum Gasteiger partial charge on any atom is -0.359 e. The van der Waals surface area contributed by atoms with E-state index in [0.29, 0.717) is 0 Å². The van der Waals surface area contributed by atoms with Gasteiger partial charge in [0.15, 0.2) is 0 Å². The highest BCUT2D eigenvalue weighted by Gasteiger charge is 2.17. The SMILES string of the molecule is C=CN=C(c1cccs1)c1cc(-c2n[nH]c(=C)\c2=C/C(=C\C)C(/C=C(\C=C)NC(=C)CC2CCCCC2)=C/C)[nH]c1C. The van der Waals surface area contributed by atoms with E-state index >= 15 is 0 Å². The molecule has 1 fully saturated rings. The van der Waals surface area contributed by atoms with Gasteiger partial charge >= 0.3 is 0 Å². The Kier molecular flexibility index (Phi) is 10.7. The first-order valence-electron chi connectivity index (χ1n) is 14.7. The van der Waals surface area contributed by atoms with Crippen molar-refractivity contribution in [3.8, 4) is 11.4 Å². The van der Waals surface area contributed by atoms with Crippen molar-refractivity contribution in [2.75, 3.05) is 0 Å². The van der Waals surface area contributed by atoms with Crippen molar-refractivity contribution >= 4 is 29.7 Å². The van der Waals surface area contributed by atoms with Crippen LogP contribution in [0.4, 0.5) is 0 Å². The quantitative estimate of drug-likeness (QED) is 0.151. The number of thiophene rings is 1. The number of hydrogen-bond donors (Lipinski definition) is 3. The lowest BCUT2D eigenvalue weighted by molar-refractivity contribution is 0.353. The Hall–Kier alpha value is -4.16. The highest BCUT2D eigenvalue weighted by Crippen LogP contribution is 2.28. The average molecular weight is 578 g/mol. The van der Waals surface area contributed by atoms with Gasteiger partial charge in [-0.05, 0) is 80.0 Å². The number of aryl methyl sites for hydroxylation is 1. The molecule has 0 bridgehead atoms. The van der Waals surface area contributed by atoms with Gasteiger partial charge in [-0.1, -0.05) is 76.6 Å². The summed E-state index contributed by atoms with van der Waals surface area (Å²) in [4.78, 5) is 9.21. The van der Waals surface area contributed by atoms with Crippen LogP contribution in [-0.4, -0.2) is 20.9 Å². The largest absolute Gasteiger partial charge is 0.359 e. The van der Waals surface area contributed by atoms with Gasteiger partial charge in [-0.2, -0.15) is 5.10 Å². The molecular formula is C36H43N5S. The van der Waals surface area contributed by atoms with E-state index in [2.05, 4.69) is 101 Å². The maximum absolute atomic E-state index is 4.64. The lowest BCUT2D eigenvalue weighted by Gasteiger charge is -2.23. The van der Waals surface area contributed by atoms with E-state index in [4.69, 9.17) is 0 Å². The van der Waals surface area contributed by atoms with Crippen molar-refractivity contribution < 1.29 is 0 Å². The fourth-order valence-corrected chi connectivity index (χ4v) is 6.32. The Bertz CT molecular complexity index is 1650. The summed E-state index contributed by atoms with van der Waals surface area (Å²) in [5.74, 6) is 0.724. The van der Waals surface area contributed by atoms with Crippen molar-refractivity contribution in [3.05, 3.63) is 123 Å². The molecule has 1 aliphatic carbocycles. The van der Waals surface area contributed by atoms with Gasteiger partial charge in [0.25, 0.3) is 0 Å². The van der Waals surface area contributed by atoms with E-state index in [1.807, 2.05) is 26.0 Å². The molecule has 0 aliphatic heterocycles. The smallest absolute Gasteiger partial charge is 0.116 e. The second kappa shape index (κ2) is 14.6. The Balaban J connectivity index is 1.64. The Morgan fingerprint density at radius 3 is 2.57 bits per heavy atom. The molecule has 3 heterocycles. The molecule has 42 heavy (non-hydrogen) atoms. The van der Waals surface area contributed by atoms with Gasteiger partial charge in [0.2, 0.25) is 0 Å². The third-order valence-electron chi connectivity index (χ3n) is 7.75. The monoisotopic (exact) mass is 577 g/mol. The zero-order chi connectivity index (χ0) is 30.1. The summed E-state index contributed by atoms with van der Waals surface area (Å²) in [5.41, 5.74) is 8.73. The summed E-state index contributed by atoms with van der Waals surface area (Å²) in [7, 11) is 0. The van der Waals surface area contributed by atoms with Crippen LogP contribution >= 0.6 is 11.3 Å². The topological polar surface area (TPSA) is 68.9 Å². The van der Waals surface area contributed by atoms with Crippen LogP contribution in [0.15, 0.2) is 101 Å². The highest BCUT2D eigenvalue weighted by atomic mass is 32.1. The molecule has 1 aliphatic rings. The summed E-state index contributed by atoms with van der Waals surface area (Å²) >= 11 is 1.66. The third kappa shape index (κ3) is 7.37. The van der Waals surface area contributed by atoms with Crippen LogP contribution in [0, 0.1) is 12.8 Å². The summed E-state index contributed by atoms with van der Waals surface area (Å²) in [5, 5.41) is 15.0. The predicted molar refractivity (Wildman–Crippen MR) is 182 cm³/mol. The Morgan fingerprint density at radius 2 is 1.93 bits per heavy atom. The first-order chi connectivity index (χ1) is 20.4. The Morgan fingerprint density at radius 1 is 1.17 bits per heavy atom. The molecule has 0 aromatic carbocycles. The fraction of sp³-hybridized carbons (Fsp3) is 0.278. The lowest BCUT2D eigenvalue weighted by Crippen LogP contribution is -2.22. The first kappa shape index (κ1) is 30.8. The molecule has 6 heteroatoms. The number of nitrogens with zero attached hydrogens (tertiary/aromatic N) is 2. The van der Waals surface area contributed by atoms with Crippen molar-refractivity contribution in [2.24, 2.45) is 10.9 Å². The molecule has 3 N–H and O–H groups in total. The molecule has 4 rings (SSSR count). The van der Waals surface area contributed by atoms with Crippen LogP contribution in [0.2, 0.25) is 0 Å². The van der Waals surface area contributed by atoms with Gasteiger partial charge in [0.1, 0.15) is 5.69 Å². The number of nitrogens with one attached hydrogen (secondary N) is 3.